The van der Waals surface area contributed by atoms with Gasteiger partial charge in [-0.3, -0.25) is 0 Å². The van der Waals surface area contributed by atoms with Crippen molar-refractivity contribution in [3.05, 3.63) is 53.0 Å². The molecule has 0 spiro atoms. The number of anilines is 1. The van der Waals surface area contributed by atoms with Crippen molar-refractivity contribution in [1.29, 1.82) is 5.41 Å². The van der Waals surface area contributed by atoms with Crippen LogP contribution in [-0.2, 0) is 0 Å². The van der Waals surface area contributed by atoms with Crippen LogP contribution in [0.4, 0.5) is 10.1 Å². The molecule has 3 atom stereocenters. The second kappa shape index (κ2) is 9.04. The maximum atomic E-state index is 13.2. The Labute approximate surface area is 169 Å². The fraction of sp³-hybridized carbons (Fsp3) is 0.542. The van der Waals surface area contributed by atoms with E-state index in [0.29, 0.717) is 12.0 Å². The molecule has 2 aliphatic rings. The maximum Gasteiger partial charge on any atom is 0.123 e. The molecule has 0 saturated heterocycles. The molecule has 3 rings (SSSR count). The predicted molar refractivity (Wildman–Crippen MR) is 116 cm³/mol. The van der Waals surface area contributed by atoms with E-state index in [4.69, 9.17) is 5.41 Å². The van der Waals surface area contributed by atoms with Gasteiger partial charge in [-0.15, -0.1) is 0 Å². The van der Waals surface area contributed by atoms with Crippen LogP contribution in [0.3, 0.4) is 0 Å². The first-order valence-electron chi connectivity index (χ1n) is 10.7. The van der Waals surface area contributed by atoms with E-state index >= 15 is 0 Å². The lowest BCUT2D eigenvalue weighted by Gasteiger charge is -2.38. The lowest BCUT2D eigenvalue weighted by molar-refractivity contribution is 0.227. The average molecular weight is 384 g/mol. The minimum atomic E-state index is -0.234. The van der Waals surface area contributed by atoms with Gasteiger partial charge in [-0.2, -0.15) is 0 Å². The molecule has 1 aromatic carbocycles. The molecule has 0 radical (unpaired) electrons. The van der Waals surface area contributed by atoms with Crippen LogP contribution in [-0.4, -0.2) is 18.8 Å². The van der Waals surface area contributed by atoms with Gasteiger partial charge in [0.25, 0.3) is 0 Å². The third kappa shape index (κ3) is 4.38. The van der Waals surface area contributed by atoms with Gasteiger partial charge in [0.2, 0.25) is 0 Å². The van der Waals surface area contributed by atoms with Gasteiger partial charge in [0.15, 0.2) is 0 Å². The fourth-order valence-corrected chi connectivity index (χ4v) is 5.04. The summed E-state index contributed by atoms with van der Waals surface area (Å²) in [5.74, 6) is 0.416. The van der Waals surface area contributed by atoms with Crippen LogP contribution in [0.15, 0.2) is 47.2 Å². The minimum Gasteiger partial charge on any atom is -0.355 e. The van der Waals surface area contributed by atoms with Crippen molar-refractivity contribution in [2.24, 2.45) is 11.3 Å². The molecule has 0 amide bonds. The Kier molecular flexibility index (Phi) is 6.71. The molecule has 1 aromatic rings. The zero-order valence-corrected chi connectivity index (χ0v) is 17.4. The minimum absolute atomic E-state index is 0.141. The van der Waals surface area contributed by atoms with Gasteiger partial charge in [-0.1, -0.05) is 32.8 Å². The summed E-state index contributed by atoms with van der Waals surface area (Å²) in [5, 5.41) is 15.1. The molecular weight excluding hydrogens is 349 g/mol. The summed E-state index contributed by atoms with van der Waals surface area (Å²) >= 11 is 0. The van der Waals surface area contributed by atoms with Gasteiger partial charge in [0, 0.05) is 23.6 Å². The maximum absolute atomic E-state index is 13.2. The second-order valence-electron chi connectivity index (χ2n) is 8.49. The molecule has 1 saturated carbocycles. The number of nitrogens with one attached hydrogen (secondary N) is 3. The first-order chi connectivity index (χ1) is 13.5. The summed E-state index contributed by atoms with van der Waals surface area (Å²) < 4.78 is 13.2. The summed E-state index contributed by atoms with van der Waals surface area (Å²) in [5.41, 5.74) is 4.53. The largest absolute Gasteiger partial charge is 0.355 e. The predicted octanol–water partition coefficient (Wildman–Crippen LogP) is 6.06. The molecule has 0 heterocycles. The van der Waals surface area contributed by atoms with E-state index < -0.39 is 0 Å². The standard InChI is InChI=1S/C24H34FN3/c1-4-6-22(27-5-2)13-18-7-8-19-14-23(17(16-26)15-24(18,19)3)28-21-11-9-20(25)10-12-21/h9-12,14,16,18,22,26-28H,4-8,13,15H2,1-3H3/t18-,22?,24-/m1/s1. The molecule has 28 heavy (non-hydrogen) atoms. The van der Waals surface area contributed by atoms with Crippen molar-refractivity contribution in [2.75, 3.05) is 11.9 Å². The van der Waals surface area contributed by atoms with Crippen LogP contribution in [0.2, 0.25) is 0 Å². The van der Waals surface area contributed by atoms with Gasteiger partial charge >= 0.3 is 0 Å². The van der Waals surface area contributed by atoms with Crippen LogP contribution in [0.25, 0.3) is 0 Å². The Morgan fingerprint density at radius 2 is 2.04 bits per heavy atom. The molecule has 1 fully saturated rings. The highest BCUT2D eigenvalue weighted by molar-refractivity contribution is 5.81. The summed E-state index contributed by atoms with van der Waals surface area (Å²) in [6.07, 6.45) is 10.7. The zero-order valence-electron chi connectivity index (χ0n) is 17.4. The molecule has 0 aliphatic heterocycles. The van der Waals surface area contributed by atoms with E-state index in [9.17, 15) is 4.39 Å². The first-order valence-corrected chi connectivity index (χ1v) is 10.7. The topological polar surface area (TPSA) is 47.9 Å². The van der Waals surface area contributed by atoms with Gasteiger partial charge in [-0.25, -0.2) is 4.39 Å². The number of hydrogen-bond donors (Lipinski definition) is 3. The molecular formula is C24H34FN3. The summed E-state index contributed by atoms with van der Waals surface area (Å²) in [7, 11) is 0. The Morgan fingerprint density at radius 3 is 2.68 bits per heavy atom. The van der Waals surface area contributed by atoms with Crippen molar-refractivity contribution in [1.82, 2.24) is 5.32 Å². The monoisotopic (exact) mass is 383 g/mol. The highest BCUT2D eigenvalue weighted by atomic mass is 19.1. The number of benzene rings is 1. The second-order valence-corrected chi connectivity index (χ2v) is 8.49. The molecule has 152 valence electrons. The molecule has 0 aromatic heterocycles. The van der Waals surface area contributed by atoms with Crippen molar-refractivity contribution >= 4 is 11.9 Å². The number of fused-ring (bicyclic) bond motifs is 1. The lowest BCUT2D eigenvalue weighted by atomic mass is 9.68. The van der Waals surface area contributed by atoms with E-state index in [1.165, 1.54) is 49.6 Å². The highest BCUT2D eigenvalue weighted by Crippen LogP contribution is 2.55. The summed E-state index contributed by atoms with van der Waals surface area (Å²) in [6.45, 7) is 7.86. The average Bonchev–Trinajstić information content (AvgIpc) is 2.99. The van der Waals surface area contributed by atoms with Crippen molar-refractivity contribution in [2.45, 2.75) is 65.3 Å². The van der Waals surface area contributed by atoms with Gasteiger partial charge < -0.3 is 16.0 Å². The fourth-order valence-electron chi connectivity index (χ4n) is 5.04. The first kappa shape index (κ1) is 20.8. The lowest BCUT2D eigenvalue weighted by Crippen LogP contribution is -2.36. The smallest absolute Gasteiger partial charge is 0.123 e. The molecule has 0 bridgehead atoms. The summed E-state index contributed by atoms with van der Waals surface area (Å²) in [6, 6.07) is 7.02. The van der Waals surface area contributed by atoms with Gasteiger partial charge in [0.1, 0.15) is 5.82 Å². The highest BCUT2D eigenvalue weighted by Gasteiger charge is 2.45. The molecule has 3 nitrogen and oxygen atoms in total. The number of hydrogen-bond acceptors (Lipinski definition) is 3. The van der Waals surface area contributed by atoms with E-state index in [0.717, 1.165) is 36.3 Å². The number of rotatable bonds is 9. The van der Waals surface area contributed by atoms with E-state index in [2.05, 4.69) is 37.5 Å². The van der Waals surface area contributed by atoms with E-state index in [-0.39, 0.29) is 11.2 Å². The molecule has 1 unspecified atom stereocenters. The van der Waals surface area contributed by atoms with E-state index in [1.54, 1.807) is 12.1 Å². The molecule has 4 heteroatoms. The van der Waals surface area contributed by atoms with Crippen molar-refractivity contribution < 1.29 is 4.39 Å². The number of allylic oxidation sites excluding steroid dienone is 3. The zero-order chi connectivity index (χ0) is 20.1. The van der Waals surface area contributed by atoms with E-state index in [1.807, 2.05) is 0 Å². The van der Waals surface area contributed by atoms with Crippen LogP contribution in [0.5, 0.6) is 0 Å². The normalized spacial score (nSPS) is 25.3. The Bertz CT molecular complexity index is 744. The third-order valence-corrected chi connectivity index (χ3v) is 6.62. The van der Waals surface area contributed by atoms with Crippen molar-refractivity contribution in [3.8, 4) is 0 Å². The third-order valence-electron chi connectivity index (χ3n) is 6.62. The van der Waals surface area contributed by atoms with Crippen LogP contribution in [0, 0.1) is 22.6 Å². The van der Waals surface area contributed by atoms with Crippen LogP contribution < -0.4 is 10.6 Å². The van der Waals surface area contributed by atoms with Crippen LogP contribution in [0.1, 0.15) is 59.3 Å². The van der Waals surface area contributed by atoms with Gasteiger partial charge in [-0.05, 0) is 85.9 Å². The number of halogens is 1. The quantitative estimate of drug-likeness (QED) is 0.454. The molecule has 2 aliphatic carbocycles. The Balaban J connectivity index is 1.79. The summed E-state index contributed by atoms with van der Waals surface area (Å²) in [4.78, 5) is 0. The van der Waals surface area contributed by atoms with Gasteiger partial charge in [0.05, 0.1) is 0 Å². The Hall–Kier alpha value is -1.94. The Morgan fingerprint density at radius 1 is 1.29 bits per heavy atom. The molecule has 3 N–H and O–H groups in total. The van der Waals surface area contributed by atoms with Crippen molar-refractivity contribution in [3.63, 3.8) is 0 Å². The van der Waals surface area contributed by atoms with Crippen LogP contribution >= 0.6 is 0 Å². The SMILES string of the molecule is CCCC(C[C@H]1CCC2=CC(Nc3ccc(F)cc3)=C(C=N)C[C@@]21C)NCC.